The molecule has 0 spiro atoms. The van der Waals surface area contributed by atoms with E-state index in [1.54, 1.807) is 13.8 Å². The Morgan fingerprint density at radius 3 is 1.72 bits per heavy atom. The fraction of sp³-hybridized carbons (Fsp3) is 0.765. The monoisotopic (exact) mass is 420 g/mol. The maximum Gasteiger partial charge on any atom is 0.326 e. The van der Waals surface area contributed by atoms with Crippen molar-refractivity contribution in [1.29, 1.82) is 0 Å². The number of aliphatic carboxylic acids is 1. The van der Waals surface area contributed by atoms with Gasteiger partial charge in [0, 0.05) is 0 Å². The Bertz CT molecular complexity index is 582. The molecule has 0 saturated carbocycles. The standard InChI is InChI=1S/C17H32N4O8/c1-7(2)5-10(17(28)29)19-16(27)13(9(4)24)21-14(25)11(6-22)20-15(26)12(18)8(3)23/h7-13,22-24H,5-6,18H2,1-4H3,(H,19,27)(H,20,26)(H,21,25)(H,28,29)/t8-,9-,10+,11+,12+,13+/m1/s1. The lowest BCUT2D eigenvalue weighted by Gasteiger charge is -2.26. The van der Waals surface area contributed by atoms with Gasteiger partial charge in [-0.3, -0.25) is 14.4 Å². The second-order valence-electron chi connectivity index (χ2n) is 7.27. The van der Waals surface area contributed by atoms with E-state index in [9.17, 15) is 39.6 Å². The number of hydrogen-bond donors (Lipinski definition) is 8. The number of nitrogens with two attached hydrogens (primary N) is 1. The van der Waals surface area contributed by atoms with Crippen LogP contribution in [0.3, 0.4) is 0 Å². The highest BCUT2D eigenvalue weighted by Gasteiger charge is 2.33. The third kappa shape index (κ3) is 9.17. The summed E-state index contributed by atoms with van der Waals surface area (Å²) in [6.07, 6.45) is -2.47. The van der Waals surface area contributed by atoms with Gasteiger partial charge in [0.25, 0.3) is 0 Å². The van der Waals surface area contributed by atoms with Crippen molar-refractivity contribution in [3.05, 3.63) is 0 Å². The summed E-state index contributed by atoms with van der Waals surface area (Å²) in [6.45, 7) is 5.16. The minimum atomic E-state index is -1.53. The van der Waals surface area contributed by atoms with E-state index in [0.717, 1.165) is 0 Å². The maximum absolute atomic E-state index is 12.4. The van der Waals surface area contributed by atoms with Crippen LogP contribution in [0.25, 0.3) is 0 Å². The van der Waals surface area contributed by atoms with E-state index < -0.39 is 66.7 Å². The van der Waals surface area contributed by atoms with Crippen molar-refractivity contribution >= 4 is 23.7 Å². The number of aliphatic hydroxyl groups is 3. The van der Waals surface area contributed by atoms with Crippen molar-refractivity contribution in [2.45, 2.75) is 70.5 Å². The molecular formula is C17H32N4O8. The van der Waals surface area contributed by atoms with Gasteiger partial charge in [0.1, 0.15) is 24.2 Å². The molecule has 12 nitrogen and oxygen atoms in total. The Morgan fingerprint density at radius 2 is 1.34 bits per heavy atom. The van der Waals surface area contributed by atoms with E-state index in [2.05, 4.69) is 16.0 Å². The van der Waals surface area contributed by atoms with E-state index in [1.807, 2.05) is 0 Å². The second-order valence-corrected chi connectivity index (χ2v) is 7.27. The first kappa shape index (κ1) is 26.7. The zero-order valence-corrected chi connectivity index (χ0v) is 17.0. The van der Waals surface area contributed by atoms with Crippen LogP contribution < -0.4 is 21.7 Å². The Hall–Kier alpha value is -2.28. The lowest BCUT2D eigenvalue weighted by Crippen LogP contribution is -2.61. The average Bonchev–Trinajstić information content (AvgIpc) is 2.61. The molecule has 0 aliphatic carbocycles. The third-order valence-electron chi connectivity index (χ3n) is 4.02. The normalized spacial score (nSPS) is 17.4. The number of carboxylic acid groups (broad SMARTS) is 1. The SMILES string of the molecule is CC(C)C[C@H](NC(=O)[C@@H](NC(=O)[C@H](CO)NC(=O)[C@@H](N)[C@@H](C)O)[C@@H](C)O)C(=O)O. The number of rotatable bonds is 12. The molecule has 0 rings (SSSR count). The molecule has 0 fully saturated rings. The molecule has 0 bridgehead atoms. The van der Waals surface area contributed by atoms with Gasteiger partial charge in [-0.25, -0.2) is 4.79 Å². The van der Waals surface area contributed by atoms with Gasteiger partial charge < -0.3 is 42.1 Å². The first-order valence-electron chi connectivity index (χ1n) is 9.18. The number of nitrogens with one attached hydrogen (secondary N) is 3. The molecule has 0 heterocycles. The Kier molecular flexibility index (Phi) is 11.3. The molecule has 0 radical (unpaired) electrons. The Balaban J connectivity index is 5.20. The summed E-state index contributed by atoms with van der Waals surface area (Å²) in [4.78, 5) is 47.9. The molecule has 0 aromatic carbocycles. The molecule has 0 aliphatic rings. The fourth-order valence-corrected chi connectivity index (χ4v) is 2.29. The molecule has 168 valence electrons. The van der Waals surface area contributed by atoms with Crippen molar-refractivity contribution < 1.29 is 39.6 Å². The quantitative estimate of drug-likeness (QED) is 0.158. The molecular weight excluding hydrogens is 388 g/mol. The molecule has 0 aliphatic heterocycles. The summed E-state index contributed by atoms with van der Waals surface area (Å²) in [5.74, 6) is -4.16. The Labute approximate surface area is 168 Å². The molecule has 0 aromatic heterocycles. The number of carbonyl (C=O) groups is 4. The summed E-state index contributed by atoms with van der Waals surface area (Å²) in [7, 11) is 0. The van der Waals surface area contributed by atoms with Gasteiger partial charge in [0.05, 0.1) is 18.8 Å². The van der Waals surface area contributed by atoms with Crippen molar-refractivity contribution in [2.24, 2.45) is 11.7 Å². The lowest BCUT2D eigenvalue weighted by atomic mass is 10.0. The van der Waals surface area contributed by atoms with E-state index in [0.29, 0.717) is 0 Å². The zero-order valence-electron chi connectivity index (χ0n) is 17.0. The van der Waals surface area contributed by atoms with Gasteiger partial charge in [0.2, 0.25) is 17.7 Å². The van der Waals surface area contributed by atoms with Gasteiger partial charge in [-0.05, 0) is 26.2 Å². The highest BCUT2D eigenvalue weighted by Crippen LogP contribution is 2.06. The van der Waals surface area contributed by atoms with E-state index >= 15 is 0 Å². The lowest BCUT2D eigenvalue weighted by molar-refractivity contribution is -0.143. The van der Waals surface area contributed by atoms with Crippen LogP contribution in [0.15, 0.2) is 0 Å². The zero-order chi connectivity index (χ0) is 22.9. The summed E-state index contributed by atoms with van der Waals surface area (Å²) in [5, 5.41) is 44.3. The van der Waals surface area contributed by atoms with Gasteiger partial charge in [0.15, 0.2) is 0 Å². The predicted molar refractivity (Wildman–Crippen MR) is 101 cm³/mol. The van der Waals surface area contributed by atoms with Crippen LogP contribution in [0.2, 0.25) is 0 Å². The molecule has 0 saturated heterocycles. The van der Waals surface area contributed by atoms with Crippen LogP contribution in [-0.2, 0) is 19.2 Å². The smallest absolute Gasteiger partial charge is 0.326 e. The highest BCUT2D eigenvalue weighted by atomic mass is 16.4. The third-order valence-corrected chi connectivity index (χ3v) is 4.02. The first-order valence-corrected chi connectivity index (χ1v) is 9.18. The van der Waals surface area contributed by atoms with Crippen LogP contribution in [0, 0.1) is 5.92 Å². The summed E-state index contributed by atoms with van der Waals surface area (Å²) in [6, 6.07) is -5.61. The molecule has 9 N–H and O–H groups in total. The van der Waals surface area contributed by atoms with Crippen LogP contribution in [0.4, 0.5) is 0 Å². The molecule has 0 aromatic rings. The van der Waals surface area contributed by atoms with Gasteiger partial charge >= 0.3 is 5.97 Å². The van der Waals surface area contributed by atoms with E-state index in [4.69, 9.17) is 5.73 Å². The minimum Gasteiger partial charge on any atom is -0.480 e. The summed E-state index contributed by atoms with van der Waals surface area (Å²) >= 11 is 0. The fourth-order valence-electron chi connectivity index (χ4n) is 2.29. The number of amides is 3. The number of carbonyl (C=O) groups excluding carboxylic acids is 3. The van der Waals surface area contributed by atoms with Crippen molar-refractivity contribution in [1.82, 2.24) is 16.0 Å². The van der Waals surface area contributed by atoms with Gasteiger partial charge in [-0.15, -0.1) is 0 Å². The van der Waals surface area contributed by atoms with Crippen LogP contribution in [0.1, 0.15) is 34.1 Å². The molecule has 0 unspecified atom stereocenters. The number of carboxylic acids is 1. The summed E-state index contributed by atoms with van der Waals surface area (Å²) in [5.41, 5.74) is 5.45. The molecule has 29 heavy (non-hydrogen) atoms. The van der Waals surface area contributed by atoms with Crippen LogP contribution >= 0.6 is 0 Å². The largest absolute Gasteiger partial charge is 0.480 e. The van der Waals surface area contributed by atoms with Gasteiger partial charge in [-0.1, -0.05) is 13.8 Å². The first-order chi connectivity index (χ1) is 13.3. The van der Waals surface area contributed by atoms with Crippen LogP contribution in [0.5, 0.6) is 0 Å². The summed E-state index contributed by atoms with van der Waals surface area (Å²) < 4.78 is 0. The van der Waals surface area contributed by atoms with Crippen molar-refractivity contribution in [2.75, 3.05) is 6.61 Å². The molecule has 12 heteroatoms. The van der Waals surface area contributed by atoms with Gasteiger partial charge in [-0.2, -0.15) is 0 Å². The van der Waals surface area contributed by atoms with Crippen LogP contribution in [-0.4, -0.2) is 87.1 Å². The number of hydrogen-bond acceptors (Lipinski definition) is 8. The highest BCUT2D eigenvalue weighted by molar-refractivity contribution is 5.94. The predicted octanol–water partition coefficient (Wildman–Crippen LogP) is -3.35. The molecule has 6 atom stereocenters. The van der Waals surface area contributed by atoms with Crippen molar-refractivity contribution in [3.63, 3.8) is 0 Å². The second kappa shape index (κ2) is 12.3. The van der Waals surface area contributed by atoms with E-state index in [1.165, 1.54) is 13.8 Å². The number of aliphatic hydroxyl groups excluding tert-OH is 3. The topological polar surface area (TPSA) is 211 Å². The average molecular weight is 420 g/mol. The van der Waals surface area contributed by atoms with E-state index in [-0.39, 0.29) is 12.3 Å². The maximum atomic E-state index is 12.4. The molecule has 3 amide bonds. The minimum absolute atomic E-state index is 0.0388. The Morgan fingerprint density at radius 1 is 0.828 bits per heavy atom. The van der Waals surface area contributed by atoms with Crippen molar-refractivity contribution in [3.8, 4) is 0 Å².